The van der Waals surface area contributed by atoms with Crippen LogP contribution in [0.3, 0.4) is 0 Å². The third kappa shape index (κ3) is 3.34. The summed E-state index contributed by atoms with van der Waals surface area (Å²) in [5.74, 6) is 1.17. The van der Waals surface area contributed by atoms with E-state index in [1.165, 1.54) is 12.3 Å². The molecule has 0 bridgehead atoms. The van der Waals surface area contributed by atoms with Crippen molar-refractivity contribution in [3.63, 3.8) is 0 Å². The lowest BCUT2D eigenvalue weighted by Crippen LogP contribution is -2.29. The van der Waals surface area contributed by atoms with Gasteiger partial charge in [0.25, 0.3) is 11.2 Å². The quantitative estimate of drug-likeness (QED) is 0.642. The normalized spacial score (nSPS) is 17.1. The van der Waals surface area contributed by atoms with E-state index in [4.69, 9.17) is 0 Å². The van der Waals surface area contributed by atoms with E-state index >= 15 is 0 Å². The minimum atomic E-state index is -0.441. The largest absolute Gasteiger partial charge is 0.365 e. The highest BCUT2D eigenvalue weighted by atomic mass is 16.6. The first-order chi connectivity index (χ1) is 11.4. The molecule has 3 heterocycles. The molecule has 1 atom stereocenters. The summed E-state index contributed by atoms with van der Waals surface area (Å²) in [6, 6.07) is 3.26. The second kappa shape index (κ2) is 6.26. The number of nitrogens with one attached hydrogen (secondary N) is 2. The van der Waals surface area contributed by atoms with Gasteiger partial charge >= 0.3 is 0 Å². The predicted octanol–water partition coefficient (Wildman–Crippen LogP) is 1.38. The van der Waals surface area contributed by atoms with Crippen LogP contribution >= 0.6 is 0 Å². The van der Waals surface area contributed by atoms with Crippen LogP contribution < -0.4 is 15.8 Å². The summed E-state index contributed by atoms with van der Waals surface area (Å²) in [6.45, 7) is 4.90. The number of nitro groups is 1. The van der Waals surface area contributed by atoms with E-state index in [-0.39, 0.29) is 17.3 Å². The summed E-state index contributed by atoms with van der Waals surface area (Å²) in [5, 5.41) is 14.1. The van der Waals surface area contributed by atoms with Crippen molar-refractivity contribution in [1.82, 2.24) is 15.0 Å². The molecule has 1 aliphatic rings. The van der Waals surface area contributed by atoms with Crippen molar-refractivity contribution in [2.24, 2.45) is 0 Å². The Hall–Kier alpha value is -2.97. The molecule has 2 aromatic heterocycles. The first kappa shape index (κ1) is 15.9. The van der Waals surface area contributed by atoms with Crippen LogP contribution in [-0.4, -0.2) is 39.0 Å². The Kier molecular flexibility index (Phi) is 4.15. The second-order valence-electron chi connectivity index (χ2n) is 5.90. The molecule has 1 saturated heterocycles. The number of hydrogen-bond donors (Lipinski definition) is 2. The summed E-state index contributed by atoms with van der Waals surface area (Å²) in [6.07, 6.45) is 2.12. The van der Waals surface area contributed by atoms with Crippen LogP contribution in [0.15, 0.2) is 23.1 Å². The Morgan fingerprint density at radius 3 is 2.88 bits per heavy atom. The van der Waals surface area contributed by atoms with Crippen LogP contribution in [-0.2, 0) is 0 Å². The van der Waals surface area contributed by atoms with Gasteiger partial charge in [-0.15, -0.1) is 0 Å². The highest BCUT2D eigenvalue weighted by molar-refractivity contribution is 5.48. The molecular weight excluding hydrogens is 312 g/mol. The zero-order chi connectivity index (χ0) is 17.3. The van der Waals surface area contributed by atoms with Gasteiger partial charge in [-0.2, -0.15) is 0 Å². The molecule has 3 rings (SSSR count). The summed E-state index contributed by atoms with van der Waals surface area (Å²) in [4.78, 5) is 35.2. The topological polar surface area (TPSA) is 117 Å². The van der Waals surface area contributed by atoms with Crippen molar-refractivity contribution in [3.05, 3.63) is 50.1 Å². The highest BCUT2D eigenvalue weighted by Crippen LogP contribution is 2.22. The second-order valence-corrected chi connectivity index (χ2v) is 5.90. The number of pyridine rings is 1. The Bertz CT molecular complexity index is 834. The average molecular weight is 330 g/mol. The fourth-order valence-corrected chi connectivity index (χ4v) is 2.81. The summed E-state index contributed by atoms with van der Waals surface area (Å²) < 4.78 is 0. The number of anilines is 2. The maximum Gasteiger partial charge on any atom is 0.290 e. The number of aryl methyl sites for hydroxylation is 2. The van der Waals surface area contributed by atoms with E-state index in [1.54, 1.807) is 19.9 Å². The number of nitrogens with zero attached hydrogens (tertiary/aromatic N) is 4. The van der Waals surface area contributed by atoms with E-state index in [1.807, 2.05) is 4.90 Å². The maximum atomic E-state index is 11.6. The molecule has 126 valence electrons. The maximum absolute atomic E-state index is 11.6. The molecular formula is C15H18N6O3. The molecule has 0 saturated carbocycles. The summed E-state index contributed by atoms with van der Waals surface area (Å²) in [7, 11) is 0. The lowest BCUT2D eigenvalue weighted by atomic mass is 10.2. The van der Waals surface area contributed by atoms with E-state index in [0.29, 0.717) is 29.6 Å². The van der Waals surface area contributed by atoms with Gasteiger partial charge in [-0.25, -0.2) is 9.97 Å². The monoisotopic (exact) mass is 330 g/mol. The molecule has 9 heteroatoms. The lowest BCUT2D eigenvalue weighted by Gasteiger charge is -2.18. The number of rotatable bonds is 4. The average Bonchev–Trinajstić information content (AvgIpc) is 2.94. The lowest BCUT2D eigenvalue weighted by molar-refractivity contribution is -0.385. The predicted molar refractivity (Wildman–Crippen MR) is 89.5 cm³/mol. The standard InChI is InChI=1S/C15H18N6O3/c1-9-5-13(16-7-12(9)21(23)24)18-11-3-4-20(8-11)15-17-10(2)6-14(22)19-15/h5-7,11H,3-4,8H2,1-2H3,(H,16,18)(H,17,19,22). The van der Waals surface area contributed by atoms with E-state index in [2.05, 4.69) is 20.3 Å². The molecule has 0 amide bonds. The number of hydrogen-bond acceptors (Lipinski definition) is 7. The third-order valence-electron chi connectivity index (χ3n) is 3.98. The minimum absolute atomic E-state index is 0.00938. The molecule has 1 fully saturated rings. The van der Waals surface area contributed by atoms with Crippen molar-refractivity contribution >= 4 is 17.5 Å². The Morgan fingerprint density at radius 2 is 2.21 bits per heavy atom. The van der Waals surface area contributed by atoms with Crippen LogP contribution in [0.25, 0.3) is 0 Å². The van der Waals surface area contributed by atoms with E-state index < -0.39 is 4.92 Å². The molecule has 0 aromatic carbocycles. The van der Waals surface area contributed by atoms with E-state index in [0.717, 1.165) is 13.0 Å². The molecule has 0 aliphatic carbocycles. The van der Waals surface area contributed by atoms with Crippen molar-refractivity contribution < 1.29 is 4.92 Å². The van der Waals surface area contributed by atoms with Gasteiger partial charge in [-0.05, 0) is 26.3 Å². The minimum Gasteiger partial charge on any atom is -0.365 e. The molecule has 2 aromatic rings. The smallest absolute Gasteiger partial charge is 0.290 e. The number of aromatic nitrogens is 3. The molecule has 0 spiro atoms. The summed E-state index contributed by atoms with van der Waals surface area (Å²) >= 11 is 0. The fraction of sp³-hybridized carbons (Fsp3) is 0.400. The van der Waals surface area contributed by atoms with Gasteiger partial charge in [0.15, 0.2) is 0 Å². The first-order valence-electron chi connectivity index (χ1n) is 7.63. The molecule has 1 aliphatic heterocycles. The van der Waals surface area contributed by atoms with Crippen molar-refractivity contribution in [1.29, 1.82) is 0 Å². The van der Waals surface area contributed by atoms with Gasteiger partial charge in [0.05, 0.1) is 4.92 Å². The van der Waals surface area contributed by atoms with Crippen LogP contribution in [0.4, 0.5) is 17.5 Å². The van der Waals surface area contributed by atoms with Crippen LogP contribution in [0.1, 0.15) is 17.7 Å². The van der Waals surface area contributed by atoms with Gasteiger partial charge in [-0.1, -0.05) is 0 Å². The van der Waals surface area contributed by atoms with Gasteiger partial charge in [0.2, 0.25) is 5.95 Å². The Labute approximate surface area is 137 Å². The van der Waals surface area contributed by atoms with Crippen LogP contribution in [0.5, 0.6) is 0 Å². The molecule has 1 unspecified atom stereocenters. The van der Waals surface area contributed by atoms with Crippen LogP contribution in [0, 0.1) is 24.0 Å². The Balaban J connectivity index is 1.69. The molecule has 2 N–H and O–H groups in total. The first-order valence-corrected chi connectivity index (χ1v) is 7.63. The van der Waals surface area contributed by atoms with Crippen molar-refractivity contribution in [3.8, 4) is 0 Å². The fourth-order valence-electron chi connectivity index (χ4n) is 2.81. The van der Waals surface area contributed by atoms with Gasteiger partial charge < -0.3 is 10.2 Å². The Morgan fingerprint density at radius 1 is 1.42 bits per heavy atom. The van der Waals surface area contributed by atoms with Gasteiger partial charge in [0, 0.05) is 36.5 Å². The third-order valence-corrected chi connectivity index (χ3v) is 3.98. The summed E-state index contributed by atoms with van der Waals surface area (Å²) in [5.41, 5.74) is 1.09. The van der Waals surface area contributed by atoms with Crippen molar-refractivity contribution in [2.45, 2.75) is 26.3 Å². The van der Waals surface area contributed by atoms with Crippen molar-refractivity contribution in [2.75, 3.05) is 23.3 Å². The molecule has 9 nitrogen and oxygen atoms in total. The highest BCUT2D eigenvalue weighted by Gasteiger charge is 2.25. The number of H-pyrrole nitrogens is 1. The van der Waals surface area contributed by atoms with Crippen LogP contribution in [0.2, 0.25) is 0 Å². The zero-order valence-corrected chi connectivity index (χ0v) is 13.4. The zero-order valence-electron chi connectivity index (χ0n) is 13.4. The van der Waals surface area contributed by atoms with Gasteiger partial charge in [0.1, 0.15) is 12.0 Å². The van der Waals surface area contributed by atoms with Gasteiger partial charge in [-0.3, -0.25) is 19.9 Å². The molecule has 0 radical (unpaired) electrons. The van der Waals surface area contributed by atoms with E-state index in [9.17, 15) is 14.9 Å². The molecule has 24 heavy (non-hydrogen) atoms. The number of aromatic amines is 1. The SMILES string of the molecule is Cc1cc(=O)[nH]c(N2CCC(Nc3cc(C)c([N+](=O)[O-])cn3)C2)n1.